The van der Waals surface area contributed by atoms with Gasteiger partial charge in [-0.25, -0.2) is 0 Å². The standard InChI is InChI=1S/C66H115NO10/c1-4-7-10-13-16-19-22-25-26-27-28-29-30-31-32-33-34-36-39-42-45-48-51-54-61(71)77-64-63(73)62(72)60(55-68)76-66(64)75-56-57(58(69)52-49-46-43-40-38-35-23-20-17-14-11-8-5-2)67-65(74)59(70)53-50-47-44-41-37-24-21-18-15-12-9-6-3/h7,10,16,19,25-26,28-29,31-32,37,41,49,52,57-60,62-64,66,68-70,72-73H,4-6,8-9,11-15,17-18,20-24,27,30,33-36,38-40,42-48,50-51,53-56H2,1-3H3,(H,67,74)/b10-7-,19-16-,26-25-,29-28-,32-31-,41-37-,52-49+. The molecule has 1 aliphatic heterocycles. The summed E-state index contributed by atoms with van der Waals surface area (Å²) >= 11 is 0. The maximum absolute atomic E-state index is 13.4. The normalized spacial score (nSPS) is 19.6. The maximum Gasteiger partial charge on any atom is 0.306 e. The molecule has 11 nitrogen and oxygen atoms in total. The van der Waals surface area contributed by atoms with E-state index in [2.05, 4.69) is 99.0 Å². The fourth-order valence-corrected chi connectivity index (χ4v) is 9.32. The zero-order valence-electron chi connectivity index (χ0n) is 49.1. The van der Waals surface area contributed by atoms with Crippen LogP contribution in [0.1, 0.15) is 258 Å². The van der Waals surface area contributed by atoms with Crippen molar-refractivity contribution in [3.8, 4) is 0 Å². The van der Waals surface area contributed by atoms with Crippen molar-refractivity contribution in [1.29, 1.82) is 0 Å². The number of hydrogen-bond donors (Lipinski definition) is 6. The van der Waals surface area contributed by atoms with Crippen molar-refractivity contribution in [3.05, 3.63) is 85.1 Å². The lowest BCUT2D eigenvalue weighted by atomic mass is 9.99. The topological polar surface area (TPSA) is 175 Å². The summed E-state index contributed by atoms with van der Waals surface area (Å²) in [7, 11) is 0. The zero-order valence-corrected chi connectivity index (χ0v) is 49.1. The van der Waals surface area contributed by atoms with E-state index in [0.29, 0.717) is 12.8 Å². The number of aliphatic hydroxyl groups excluding tert-OH is 5. The summed E-state index contributed by atoms with van der Waals surface area (Å²) in [4.78, 5) is 26.5. The number of carbonyl (C=O) groups excluding carboxylic acids is 2. The Labute approximate surface area is 470 Å². The number of ether oxygens (including phenoxy) is 3. The first kappa shape index (κ1) is 71.9. The van der Waals surface area contributed by atoms with E-state index in [4.69, 9.17) is 14.2 Å². The number of esters is 1. The number of amides is 1. The van der Waals surface area contributed by atoms with Crippen LogP contribution in [0.15, 0.2) is 85.1 Å². The minimum Gasteiger partial charge on any atom is -0.454 e. The molecule has 8 unspecified atom stereocenters. The first-order chi connectivity index (χ1) is 37.7. The number of nitrogens with one attached hydrogen (secondary N) is 1. The van der Waals surface area contributed by atoms with Crippen LogP contribution in [0, 0.1) is 0 Å². The molecular formula is C66H115NO10. The molecule has 1 fully saturated rings. The van der Waals surface area contributed by atoms with Crippen molar-refractivity contribution in [2.75, 3.05) is 13.2 Å². The van der Waals surface area contributed by atoms with Gasteiger partial charge in [0.15, 0.2) is 12.4 Å². The molecule has 0 radical (unpaired) electrons. The first-order valence-corrected chi connectivity index (χ1v) is 31.4. The predicted octanol–water partition coefficient (Wildman–Crippen LogP) is 14.9. The smallest absolute Gasteiger partial charge is 0.306 e. The third-order valence-corrected chi connectivity index (χ3v) is 14.3. The van der Waals surface area contributed by atoms with Crippen molar-refractivity contribution in [3.63, 3.8) is 0 Å². The van der Waals surface area contributed by atoms with Crippen molar-refractivity contribution in [1.82, 2.24) is 5.32 Å². The van der Waals surface area contributed by atoms with Gasteiger partial charge >= 0.3 is 5.97 Å². The van der Waals surface area contributed by atoms with Gasteiger partial charge in [0.05, 0.1) is 25.4 Å². The van der Waals surface area contributed by atoms with Gasteiger partial charge in [0.1, 0.15) is 24.4 Å². The van der Waals surface area contributed by atoms with Gasteiger partial charge in [0.2, 0.25) is 5.91 Å². The summed E-state index contributed by atoms with van der Waals surface area (Å²) < 4.78 is 17.6. The Morgan fingerprint density at radius 1 is 0.519 bits per heavy atom. The number of aliphatic hydroxyl groups is 5. The molecule has 1 rings (SSSR count). The molecule has 0 spiro atoms. The van der Waals surface area contributed by atoms with Crippen molar-refractivity contribution in [2.45, 2.75) is 307 Å². The number of carbonyl (C=O) groups is 2. The SMILES string of the molecule is CC/C=C\C/C=C\C/C=C\C/C=C\C/C=C\CCCCCCCCCC(=O)OC1C(OCC(NC(=O)C(O)CCCC/C=C\CCCCCCCC)C(O)/C=C/CCCCCCCCCCCCC)OC(CO)C(O)C1O. The highest BCUT2D eigenvalue weighted by Gasteiger charge is 2.47. The predicted molar refractivity (Wildman–Crippen MR) is 319 cm³/mol. The Balaban J connectivity index is 2.66. The summed E-state index contributed by atoms with van der Waals surface area (Å²) in [5.41, 5.74) is 0. The van der Waals surface area contributed by atoms with Crippen LogP contribution < -0.4 is 5.32 Å². The van der Waals surface area contributed by atoms with Crippen molar-refractivity contribution >= 4 is 11.9 Å². The third kappa shape index (κ3) is 41.5. The molecule has 0 aromatic carbocycles. The lowest BCUT2D eigenvalue weighted by Crippen LogP contribution is -2.61. The number of hydrogen-bond acceptors (Lipinski definition) is 10. The van der Waals surface area contributed by atoms with E-state index in [0.717, 1.165) is 116 Å². The second-order valence-electron chi connectivity index (χ2n) is 21.4. The van der Waals surface area contributed by atoms with E-state index >= 15 is 0 Å². The molecule has 1 amide bonds. The Kier molecular flexibility index (Phi) is 49.9. The molecule has 0 saturated carbocycles. The lowest BCUT2D eigenvalue weighted by molar-refractivity contribution is -0.305. The molecule has 444 valence electrons. The van der Waals surface area contributed by atoms with Gasteiger partial charge in [-0.2, -0.15) is 0 Å². The van der Waals surface area contributed by atoms with Crippen LogP contribution in [0.5, 0.6) is 0 Å². The van der Waals surface area contributed by atoms with Gasteiger partial charge in [0.25, 0.3) is 0 Å². The average molecular weight is 1080 g/mol. The summed E-state index contributed by atoms with van der Waals surface area (Å²) in [6, 6.07) is -1.04. The van der Waals surface area contributed by atoms with Gasteiger partial charge in [-0.1, -0.05) is 241 Å². The van der Waals surface area contributed by atoms with Gasteiger partial charge in [0, 0.05) is 6.42 Å². The fourth-order valence-electron chi connectivity index (χ4n) is 9.32. The first-order valence-electron chi connectivity index (χ1n) is 31.4. The molecule has 11 heteroatoms. The molecule has 6 N–H and O–H groups in total. The van der Waals surface area contributed by atoms with Crippen LogP contribution in [-0.2, 0) is 23.8 Å². The van der Waals surface area contributed by atoms with E-state index in [1.807, 2.05) is 6.08 Å². The van der Waals surface area contributed by atoms with E-state index in [9.17, 15) is 35.1 Å². The summed E-state index contributed by atoms with van der Waals surface area (Å²) in [6.45, 7) is 5.65. The molecule has 1 aliphatic rings. The van der Waals surface area contributed by atoms with Gasteiger partial charge in [-0.05, 0) is 96.3 Å². The highest BCUT2D eigenvalue weighted by Crippen LogP contribution is 2.26. The van der Waals surface area contributed by atoms with Gasteiger partial charge in [-0.15, -0.1) is 0 Å². The van der Waals surface area contributed by atoms with Crippen LogP contribution in [0.4, 0.5) is 0 Å². The van der Waals surface area contributed by atoms with Crippen LogP contribution in [0.2, 0.25) is 0 Å². The summed E-state index contributed by atoms with van der Waals surface area (Å²) in [5.74, 6) is -1.22. The van der Waals surface area contributed by atoms with E-state index in [1.54, 1.807) is 6.08 Å². The quantitative estimate of drug-likeness (QED) is 0.0195. The molecule has 0 aromatic rings. The van der Waals surface area contributed by atoms with Gasteiger partial charge < -0.3 is 45.1 Å². The maximum atomic E-state index is 13.4. The monoisotopic (exact) mass is 1080 g/mol. The summed E-state index contributed by atoms with van der Waals surface area (Å²) in [6.07, 6.45) is 59.1. The highest BCUT2D eigenvalue weighted by molar-refractivity contribution is 5.80. The van der Waals surface area contributed by atoms with Gasteiger partial charge in [-0.3, -0.25) is 9.59 Å². The van der Waals surface area contributed by atoms with E-state index in [1.165, 1.54) is 96.3 Å². The third-order valence-electron chi connectivity index (χ3n) is 14.3. The second kappa shape index (κ2) is 53.5. The van der Waals surface area contributed by atoms with Crippen molar-refractivity contribution in [2.24, 2.45) is 0 Å². The van der Waals surface area contributed by atoms with Crippen LogP contribution in [0.25, 0.3) is 0 Å². The Hall–Kier alpha value is -3.16. The second-order valence-corrected chi connectivity index (χ2v) is 21.4. The molecule has 8 atom stereocenters. The number of rotatable bonds is 52. The largest absolute Gasteiger partial charge is 0.454 e. The zero-order chi connectivity index (χ0) is 56.1. The molecule has 1 heterocycles. The minimum atomic E-state index is -1.62. The fraction of sp³-hybridized carbons (Fsp3) is 0.758. The molecule has 0 bridgehead atoms. The van der Waals surface area contributed by atoms with Crippen LogP contribution in [-0.4, -0.2) is 99.6 Å². The minimum absolute atomic E-state index is 0.105. The molecule has 77 heavy (non-hydrogen) atoms. The molecule has 0 aliphatic carbocycles. The lowest BCUT2D eigenvalue weighted by Gasteiger charge is -2.41. The molecule has 1 saturated heterocycles. The van der Waals surface area contributed by atoms with Crippen LogP contribution in [0.3, 0.4) is 0 Å². The Morgan fingerprint density at radius 2 is 0.935 bits per heavy atom. The van der Waals surface area contributed by atoms with Crippen LogP contribution >= 0.6 is 0 Å². The number of allylic oxidation sites excluding steroid dienone is 13. The Bertz CT molecular complexity index is 1570. The molecular weight excluding hydrogens is 967 g/mol. The number of unbranched alkanes of at least 4 members (excludes halogenated alkanes) is 26. The van der Waals surface area contributed by atoms with Crippen molar-refractivity contribution < 1.29 is 49.3 Å². The van der Waals surface area contributed by atoms with E-state index in [-0.39, 0.29) is 19.4 Å². The van der Waals surface area contributed by atoms with E-state index < -0.39 is 67.4 Å². The molecule has 0 aromatic heterocycles. The highest BCUT2D eigenvalue weighted by atomic mass is 16.7. The Morgan fingerprint density at radius 3 is 1.42 bits per heavy atom. The summed E-state index contributed by atoms with van der Waals surface area (Å²) in [5, 5.41) is 56.9. The average Bonchev–Trinajstić information content (AvgIpc) is 3.43.